The molecule has 5 aromatic rings. The van der Waals surface area contributed by atoms with Crippen molar-refractivity contribution in [3.05, 3.63) is 98.2 Å². The number of amides is 2. The molecule has 0 spiro atoms. The smallest absolute Gasteiger partial charge is 0.332 e. The summed E-state index contributed by atoms with van der Waals surface area (Å²) in [6.07, 6.45) is 0.120. The topological polar surface area (TPSA) is 106 Å². The minimum Gasteiger partial charge on any atom is -0.340 e. The first-order valence-corrected chi connectivity index (χ1v) is 14.8. The average Bonchev–Trinajstić information content (AvgIpc) is 3.56. The number of hydrogen-bond acceptors (Lipinski definition) is 7. The third kappa shape index (κ3) is 4.51. The summed E-state index contributed by atoms with van der Waals surface area (Å²) >= 11 is 6.11. The van der Waals surface area contributed by atoms with Crippen LogP contribution in [0.1, 0.15) is 12.0 Å². The van der Waals surface area contributed by atoms with Crippen molar-refractivity contribution in [1.29, 1.82) is 0 Å². The Labute approximate surface area is 257 Å². The number of carbonyl (C=O) groups excluding carboxylic acids is 2. The van der Waals surface area contributed by atoms with Crippen LogP contribution < -0.4 is 21.0 Å². The zero-order valence-corrected chi connectivity index (χ0v) is 25.1. The molecule has 4 heterocycles. The van der Waals surface area contributed by atoms with Crippen LogP contribution in [0.2, 0.25) is 5.02 Å². The lowest BCUT2D eigenvalue weighted by atomic mass is 10.1. The molecule has 2 aromatic heterocycles. The molecule has 2 aliphatic rings. The molecule has 2 aliphatic heterocycles. The number of rotatable bonds is 5. The lowest BCUT2D eigenvalue weighted by Crippen LogP contribution is -2.53. The first-order chi connectivity index (χ1) is 21.2. The maximum absolute atomic E-state index is 13.7. The molecule has 0 saturated carbocycles. The average molecular weight is 612 g/mol. The number of aryl methyl sites for hydroxylation is 1. The van der Waals surface area contributed by atoms with E-state index in [0.29, 0.717) is 60.5 Å². The number of aromatic nitrogens is 4. The van der Waals surface area contributed by atoms with E-state index in [1.54, 1.807) is 19.2 Å². The second-order valence-corrected chi connectivity index (χ2v) is 11.7. The van der Waals surface area contributed by atoms with E-state index in [1.807, 2.05) is 59.2 Å². The number of halogens is 1. The second-order valence-electron chi connectivity index (χ2n) is 11.3. The first kappa shape index (κ1) is 28.1. The number of anilines is 2. The van der Waals surface area contributed by atoms with Crippen LogP contribution in [0.4, 0.5) is 11.6 Å². The van der Waals surface area contributed by atoms with E-state index in [1.165, 1.54) is 16.5 Å². The van der Waals surface area contributed by atoms with E-state index in [0.717, 1.165) is 20.9 Å². The van der Waals surface area contributed by atoms with Crippen LogP contribution in [-0.2, 0) is 30.2 Å². The first-order valence-electron chi connectivity index (χ1n) is 14.5. The summed E-state index contributed by atoms with van der Waals surface area (Å²) in [6.45, 7) is 2.43. The van der Waals surface area contributed by atoms with Gasteiger partial charge in [-0.3, -0.25) is 33.0 Å². The van der Waals surface area contributed by atoms with Crippen LogP contribution in [0.25, 0.3) is 21.9 Å². The van der Waals surface area contributed by atoms with Gasteiger partial charge in [0.25, 0.3) is 11.5 Å². The normalized spacial score (nSPS) is 17.8. The SMILES string of the molecule is Cn1c(=O)c2c(nc(N3CCN(C4CC(=O)N(c5cccc6ccccc56)C4=O)CC3)n2Cc2ccc(Cl)cc2)n(C)c1=O. The van der Waals surface area contributed by atoms with Gasteiger partial charge in [0.05, 0.1) is 24.7 Å². The van der Waals surface area contributed by atoms with E-state index in [-0.39, 0.29) is 18.2 Å². The highest BCUT2D eigenvalue weighted by Gasteiger charge is 2.44. The van der Waals surface area contributed by atoms with Gasteiger partial charge in [-0.2, -0.15) is 4.98 Å². The predicted octanol–water partition coefficient (Wildman–Crippen LogP) is 2.74. The number of fused-ring (bicyclic) bond motifs is 2. The molecule has 0 radical (unpaired) electrons. The van der Waals surface area contributed by atoms with Crippen molar-refractivity contribution >= 4 is 57.0 Å². The summed E-state index contributed by atoms with van der Waals surface area (Å²) in [5.41, 5.74) is 1.32. The van der Waals surface area contributed by atoms with Gasteiger partial charge in [0.15, 0.2) is 11.2 Å². The number of imide groups is 1. The largest absolute Gasteiger partial charge is 0.340 e. The Balaban J connectivity index is 1.17. The monoisotopic (exact) mass is 611 g/mol. The van der Waals surface area contributed by atoms with Gasteiger partial charge in [0, 0.05) is 50.7 Å². The number of nitrogens with zero attached hydrogens (tertiary/aromatic N) is 7. The molecule has 0 N–H and O–H groups in total. The maximum atomic E-state index is 13.7. The molecule has 2 saturated heterocycles. The van der Waals surface area contributed by atoms with Gasteiger partial charge in [0.1, 0.15) is 0 Å². The van der Waals surface area contributed by atoms with Crippen molar-refractivity contribution in [3.63, 3.8) is 0 Å². The third-order valence-electron chi connectivity index (χ3n) is 8.75. The Kier molecular flexibility index (Phi) is 6.86. The van der Waals surface area contributed by atoms with Gasteiger partial charge < -0.3 is 4.90 Å². The Morgan fingerprint density at radius 2 is 1.55 bits per heavy atom. The summed E-state index contributed by atoms with van der Waals surface area (Å²) in [5, 5.41) is 2.44. The number of hydrogen-bond donors (Lipinski definition) is 0. The minimum absolute atomic E-state index is 0.120. The molecule has 12 heteroatoms. The van der Waals surface area contributed by atoms with E-state index in [4.69, 9.17) is 16.6 Å². The zero-order valence-electron chi connectivity index (χ0n) is 24.3. The van der Waals surface area contributed by atoms with E-state index in [2.05, 4.69) is 9.80 Å². The van der Waals surface area contributed by atoms with Gasteiger partial charge in [0.2, 0.25) is 11.9 Å². The van der Waals surface area contributed by atoms with Crippen molar-refractivity contribution in [1.82, 2.24) is 23.6 Å². The second kappa shape index (κ2) is 10.8. The van der Waals surface area contributed by atoms with Crippen LogP contribution >= 0.6 is 11.6 Å². The highest BCUT2D eigenvalue weighted by atomic mass is 35.5. The number of piperazine rings is 1. The third-order valence-corrected chi connectivity index (χ3v) is 9.00. The zero-order chi connectivity index (χ0) is 30.7. The quantitative estimate of drug-likeness (QED) is 0.281. The Bertz CT molecular complexity index is 2070. The Hall–Kier alpha value is -4.74. The molecule has 0 aliphatic carbocycles. The van der Waals surface area contributed by atoms with Crippen LogP contribution in [0.15, 0.2) is 76.3 Å². The molecule has 3 aromatic carbocycles. The van der Waals surface area contributed by atoms with Gasteiger partial charge in [-0.05, 0) is 29.1 Å². The number of imidazole rings is 1. The predicted molar refractivity (Wildman–Crippen MR) is 169 cm³/mol. The number of carbonyl (C=O) groups is 2. The van der Waals surface area contributed by atoms with Crippen molar-refractivity contribution in [2.45, 2.75) is 19.0 Å². The summed E-state index contributed by atoms with van der Waals surface area (Å²) in [4.78, 5) is 63.3. The molecule has 2 fully saturated rings. The highest BCUT2D eigenvalue weighted by Crippen LogP contribution is 2.33. The molecular weight excluding hydrogens is 582 g/mol. The van der Waals surface area contributed by atoms with Crippen molar-refractivity contribution in [3.8, 4) is 0 Å². The molecule has 0 bridgehead atoms. The highest BCUT2D eigenvalue weighted by molar-refractivity contribution is 6.30. The summed E-state index contributed by atoms with van der Waals surface area (Å²) < 4.78 is 4.33. The van der Waals surface area contributed by atoms with Crippen molar-refractivity contribution < 1.29 is 9.59 Å². The van der Waals surface area contributed by atoms with Crippen LogP contribution in [0.3, 0.4) is 0 Å². The fourth-order valence-electron chi connectivity index (χ4n) is 6.39. The van der Waals surface area contributed by atoms with Gasteiger partial charge in [-0.15, -0.1) is 0 Å². The Morgan fingerprint density at radius 1 is 0.841 bits per heavy atom. The fourth-order valence-corrected chi connectivity index (χ4v) is 6.52. The molecule has 224 valence electrons. The van der Waals surface area contributed by atoms with Crippen molar-refractivity contribution in [2.24, 2.45) is 14.1 Å². The van der Waals surface area contributed by atoms with E-state index in [9.17, 15) is 19.2 Å². The standard InChI is InChI=1S/C32H30ClN7O4/c1-35-28-27(30(43)36(2)32(35)44)39(19-20-10-12-22(33)13-11-20)31(34-28)38-16-14-37(15-17-38)25-18-26(41)40(29(25)42)24-9-5-7-21-6-3-4-8-23(21)24/h3-13,25H,14-19H2,1-2H3. The summed E-state index contributed by atoms with van der Waals surface area (Å²) in [6, 6.07) is 20.2. The molecule has 44 heavy (non-hydrogen) atoms. The van der Waals surface area contributed by atoms with Gasteiger partial charge in [-0.25, -0.2) is 9.69 Å². The number of benzene rings is 3. The van der Waals surface area contributed by atoms with Crippen LogP contribution in [0, 0.1) is 0 Å². The fraction of sp³-hybridized carbons (Fsp3) is 0.281. The maximum Gasteiger partial charge on any atom is 0.332 e. The minimum atomic E-state index is -0.551. The molecule has 7 rings (SSSR count). The lowest BCUT2D eigenvalue weighted by Gasteiger charge is -2.37. The lowest BCUT2D eigenvalue weighted by molar-refractivity contribution is -0.123. The molecule has 1 unspecified atom stereocenters. The van der Waals surface area contributed by atoms with Crippen LogP contribution in [-0.4, -0.2) is 67.6 Å². The van der Waals surface area contributed by atoms with E-state index >= 15 is 0 Å². The van der Waals surface area contributed by atoms with Crippen molar-refractivity contribution in [2.75, 3.05) is 36.0 Å². The van der Waals surface area contributed by atoms with Gasteiger partial charge in [-0.1, -0.05) is 60.1 Å². The van der Waals surface area contributed by atoms with Gasteiger partial charge >= 0.3 is 5.69 Å². The molecule has 1 atom stereocenters. The van der Waals surface area contributed by atoms with Crippen LogP contribution in [0.5, 0.6) is 0 Å². The summed E-state index contributed by atoms with van der Waals surface area (Å²) in [7, 11) is 3.07. The van der Waals surface area contributed by atoms with E-state index < -0.39 is 17.3 Å². The molecular formula is C32H30ClN7O4. The summed E-state index contributed by atoms with van der Waals surface area (Å²) in [5.74, 6) is 0.146. The molecule has 11 nitrogen and oxygen atoms in total. The molecule has 2 amide bonds. The Morgan fingerprint density at radius 3 is 2.30 bits per heavy atom.